The number of ether oxygens (including phenoxy) is 1. The van der Waals surface area contributed by atoms with Crippen LogP contribution in [0.15, 0.2) is 41.3 Å². The maximum absolute atomic E-state index is 6.14. The monoisotopic (exact) mass is 369 g/mol. The minimum Gasteiger partial charge on any atom is -0.435 e. The van der Waals surface area contributed by atoms with Crippen molar-refractivity contribution in [2.24, 2.45) is 0 Å². The van der Waals surface area contributed by atoms with Crippen LogP contribution in [0.2, 0.25) is 10.2 Å². The molecule has 0 unspecified atom stereocenters. The average Bonchev–Trinajstić information content (AvgIpc) is 2.47. The SMILES string of the molecule is Clc1ncnc(Oc2ccc(Cl)c3cccnc23)c1Br. The van der Waals surface area contributed by atoms with Crippen LogP contribution in [0.4, 0.5) is 0 Å². The van der Waals surface area contributed by atoms with E-state index in [4.69, 9.17) is 27.9 Å². The Morgan fingerprint density at radius 3 is 2.75 bits per heavy atom. The minimum absolute atomic E-state index is 0.279. The van der Waals surface area contributed by atoms with Gasteiger partial charge in [-0.2, -0.15) is 0 Å². The highest BCUT2D eigenvalue weighted by Gasteiger charge is 2.12. The second kappa shape index (κ2) is 5.52. The van der Waals surface area contributed by atoms with E-state index in [0.29, 0.717) is 26.6 Å². The van der Waals surface area contributed by atoms with Crippen molar-refractivity contribution in [3.63, 3.8) is 0 Å². The third-order valence-electron chi connectivity index (χ3n) is 2.60. The number of halogens is 3. The van der Waals surface area contributed by atoms with Crippen molar-refractivity contribution in [1.82, 2.24) is 15.0 Å². The number of nitrogens with zero attached hydrogens (tertiary/aromatic N) is 3. The van der Waals surface area contributed by atoms with E-state index in [0.717, 1.165) is 5.39 Å². The number of fused-ring (bicyclic) bond motifs is 1. The largest absolute Gasteiger partial charge is 0.435 e. The van der Waals surface area contributed by atoms with Crippen LogP contribution < -0.4 is 4.74 Å². The highest BCUT2D eigenvalue weighted by atomic mass is 79.9. The van der Waals surface area contributed by atoms with Crippen LogP contribution in [0.5, 0.6) is 11.6 Å². The summed E-state index contributed by atoms with van der Waals surface area (Å²) < 4.78 is 6.24. The summed E-state index contributed by atoms with van der Waals surface area (Å²) in [6, 6.07) is 7.17. The lowest BCUT2D eigenvalue weighted by Gasteiger charge is -2.09. The molecule has 1 aromatic carbocycles. The van der Waals surface area contributed by atoms with Gasteiger partial charge in [0, 0.05) is 11.6 Å². The summed E-state index contributed by atoms with van der Waals surface area (Å²) in [5.74, 6) is 0.861. The van der Waals surface area contributed by atoms with Gasteiger partial charge in [0.15, 0.2) is 10.9 Å². The molecule has 2 aromatic heterocycles. The molecule has 20 heavy (non-hydrogen) atoms. The predicted octanol–water partition coefficient (Wildman–Crippen LogP) is 4.89. The Bertz CT molecular complexity index is 798. The third-order valence-corrected chi connectivity index (χ3v) is 4.16. The molecule has 0 spiro atoms. The number of hydrogen-bond donors (Lipinski definition) is 0. The van der Waals surface area contributed by atoms with Gasteiger partial charge in [-0.15, -0.1) is 0 Å². The second-order valence-electron chi connectivity index (χ2n) is 3.83. The standard InChI is InChI=1S/C13H6BrCl2N3O/c14-10-12(16)18-6-19-13(10)20-9-4-3-8(15)7-2-1-5-17-11(7)9/h1-6H. The first-order valence-electron chi connectivity index (χ1n) is 5.54. The van der Waals surface area contributed by atoms with Gasteiger partial charge in [0.25, 0.3) is 0 Å². The van der Waals surface area contributed by atoms with Crippen LogP contribution in [0.3, 0.4) is 0 Å². The molecular formula is C13H6BrCl2N3O. The molecule has 0 saturated carbocycles. The zero-order valence-electron chi connectivity index (χ0n) is 9.85. The van der Waals surface area contributed by atoms with Crippen molar-refractivity contribution in [2.75, 3.05) is 0 Å². The van der Waals surface area contributed by atoms with Crippen LogP contribution in [0.1, 0.15) is 0 Å². The van der Waals surface area contributed by atoms with E-state index < -0.39 is 0 Å². The zero-order valence-corrected chi connectivity index (χ0v) is 12.9. The molecule has 0 fully saturated rings. The van der Waals surface area contributed by atoms with Crippen molar-refractivity contribution in [3.05, 3.63) is 51.4 Å². The van der Waals surface area contributed by atoms with E-state index in [2.05, 4.69) is 30.9 Å². The fraction of sp³-hybridized carbons (Fsp3) is 0. The zero-order chi connectivity index (χ0) is 14.1. The normalized spacial score (nSPS) is 10.8. The smallest absolute Gasteiger partial charge is 0.238 e. The molecule has 0 aliphatic heterocycles. The first kappa shape index (κ1) is 13.5. The van der Waals surface area contributed by atoms with Crippen LogP contribution in [0, 0.1) is 0 Å². The average molecular weight is 371 g/mol. The number of rotatable bonds is 2. The van der Waals surface area contributed by atoms with E-state index in [9.17, 15) is 0 Å². The van der Waals surface area contributed by atoms with E-state index in [1.54, 1.807) is 18.3 Å². The van der Waals surface area contributed by atoms with Gasteiger partial charge in [-0.05, 0) is 40.2 Å². The molecule has 3 aromatic rings. The molecule has 0 aliphatic rings. The molecule has 100 valence electrons. The molecule has 3 rings (SSSR count). The topological polar surface area (TPSA) is 47.9 Å². The fourth-order valence-corrected chi connectivity index (χ4v) is 2.33. The molecule has 0 saturated heterocycles. The molecule has 0 N–H and O–H groups in total. The van der Waals surface area contributed by atoms with E-state index >= 15 is 0 Å². The van der Waals surface area contributed by atoms with Crippen molar-refractivity contribution < 1.29 is 4.74 Å². The first-order valence-corrected chi connectivity index (χ1v) is 7.09. The van der Waals surface area contributed by atoms with Gasteiger partial charge in [0.1, 0.15) is 16.3 Å². The molecule has 4 nitrogen and oxygen atoms in total. The van der Waals surface area contributed by atoms with Gasteiger partial charge in [0.2, 0.25) is 5.88 Å². The van der Waals surface area contributed by atoms with Crippen molar-refractivity contribution >= 4 is 50.0 Å². The molecule has 7 heteroatoms. The highest BCUT2D eigenvalue weighted by Crippen LogP contribution is 2.35. The van der Waals surface area contributed by atoms with Gasteiger partial charge in [-0.3, -0.25) is 4.98 Å². The van der Waals surface area contributed by atoms with Gasteiger partial charge in [-0.1, -0.05) is 23.2 Å². The number of pyridine rings is 1. The fourth-order valence-electron chi connectivity index (χ4n) is 1.70. The van der Waals surface area contributed by atoms with Crippen LogP contribution in [-0.4, -0.2) is 15.0 Å². The van der Waals surface area contributed by atoms with Gasteiger partial charge >= 0.3 is 0 Å². The molecule has 0 bridgehead atoms. The maximum Gasteiger partial charge on any atom is 0.238 e. The third kappa shape index (κ3) is 2.44. The van der Waals surface area contributed by atoms with Gasteiger partial charge < -0.3 is 4.74 Å². The molecule has 0 aliphatic carbocycles. The molecule has 0 atom stereocenters. The molecular weight excluding hydrogens is 365 g/mol. The first-order chi connectivity index (χ1) is 9.66. The minimum atomic E-state index is 0.279. The van der Waals surface area contributed by atoms with E-state index in [1.165, 1.54) is 6.33 Å². The molecule has 0 radical (unpaired) electrons. The second-order valence-corrected chi connectivity index (χ2v) is 5.39. The number of hydrogen-bond acceptors (Lipinski definition) is 4. The van der Waals surface area contributed by atoms with Crippen LogP contribution in [-0.2, 0) is 0 Å². The Kier molecular flexibility index (Phi) is 3.74. The van der Waals surface area contributed by atoms with Crippen molar-refractivity contribution in [1.29, 1.82) is 0 Å². The summed E-state index contributed by atoms with van der Waals surface area (Å²) in [6.45, 7) is 0. The Morgan fingerprint density at radius 2 is 1.90 bits per heavy atom. The Morgan fingerprint density at radius 1 is 1.05 bits per heavy atom. The lowest BCUT2D eigenvalue weighted by molar-refractivity contribution is 0.462. The number of benzene rings is 1. The summed E-state index contributed by atoms with van der Waals surface area (Å²) >= 11 is 15.3. The summed E-state index contributed by atoms with van der Waals surface area (Å²) in [5, 5.41) is 1.70. The van der Waals surface area contributed by atoms with Gasteiger partial charge in [0.05, 0.1) is 5.02 Å². The Hall–Kier alpha value is -1.43. The predicted molar refractivity (Wildman–Crippen MR) is 81.6 cm³/mol. The lowest BCUT2D eigenvalue weighted by atomic mass is 10.2. The van der Waals surface area contributed by atoms with Crippen molar-refractivity contribution in [2.45, 2.75) is 0 Å². The molecule has 2 heterocycles. The highest BCUT2D eigenvalue weighted by molar-refractivity contribution is 9.10. The number of aromatic nitrogens is 3. The van der Waals surface area contributed by atoms with E-state index in [-0.39, 0.29) is 5.15 Å². The van der Waals surface area contributed by atoms with Crippen molar-refractivity contribution in [3.8, 4) is 11.6 Å². The molecule has 0 amide bonds. The summed E-state index contributed by atoms with van der Waals surface area (Å²) in [5.41, 5.74) is 0.654. The van der Waals surface area contributed by atoms with E-state index in [1.807, 2.05) is 12.1 Å². The Balaban J connectivity index is 2.12. The maximum atomic E-state index is 6.14. The van der Waals surface area contributed by atoms with Crippen LogP contribution in [0.25, 0.3) is 10.9 Å². The summed E-state index contributed by atoms with van der Waals surface area (Å²) in [4.78, 5) is 12.2. The summed E-state index contributed by atoms with van der Waals surface area (Å²) in [6.07, 6.45) is 3.00. The lowest BCUT2D eigenvalue weighted by Crippen LogP contribution is -1.93. The van der Waals surface area contributed by atoms with Gasteiger partial charge in [-0.25, -0.2) is 9.97 Å². The van der Waals surface area contributed by atoms with Crippen LogP contribution >= 0.6 is 39.1 Å². The summed E-state index contributed by atoms with van der Waals surface area (Å²) in [7, 11) is 0. The quantitative estimate of drug-likeness (QED) is 0.602. The Labute approximate surface area is 132 Å².